The summed E-state index contributed by atoms with van der Waals surface area (Å²) < 4.78 is 46.3. The molecule has 4 saturated carbocycles. The van der Waals surface area contributed by atoms with Gasteiger partial charge in [-0.25, -0.2) is 0 Å². The first-order valence-electron chi connectivity index (χ1n) is 8.86. The number of nitrogens with one attached hydrogen (secondary N) is 1. The minimum Gasteiger partial charge on any atom is -0.424 e. The first-order valence-corrected chi connectivity index (χ1v) is 8.86. The van der Waals surface area contributed by atoms with Crippen molar-refractivity contribution in [2.45, 2.75) is 67.9 Å². The summed E-state index contributed by atoms with van der Waals surface area (Å²) in [4.78, 5) is 17.0. The first kappa shape index (κ1) is 17.0. The Morgan fingerprint density at radius 1 is 1.22 bits per heavy atom. The molecule has 4 fully saturated rings. The van der Waals surface area contributed by atoms with Crippen LogP contribution in [0.1, 0.15) is 56.2 Å². The summed E-state index contributed by atoms with van der Waals surface area (Å²) in [5, 5.41) is 14.8. The molecular weight excluding hydrogens is 369 g/mol. The molecule has 0 spiro atoms. The highest BCUT2D eigenvalue weighted by Crippen LogP contribution is 2.67. The fraction of sp³-hybridized carbons (Fsp3) is 0.750. The summed E-state index contributed by atoms with van der Waals surface area (Å²) in [6.07, 6.45) is -2.36. The van der Waals surface area contributed by atoms with Crippen molar-refractivity contribution in [3.63, 3.8) is 0 Å². The highest BCUT2D eigenvalue weighted by Gasteiger charge is 2.72. The van der Waals surface area contributed by atoms with Gasteiger partial charge in [0.1, 0.15) is 12.3 Å². The van der Waals surface area contributed by atoms with Crippen LogP contribution in [0.3, 0.4) is 0 Å². The van der Waals surface area contributed by atoms with Gasteiger partial charge in [0, 0.05) is 17.9 Å². The van der Waals surface area contributed by atoms with E-state index < -0.39 is 12.5 Å². The number of rotatable bonds is 5. The van der Waals surface area contributed by atoms with Gasteiger partial charge in [-0.1, -0.05) is 5.16 Å². The molecule has 0 aromatic carbocycles. The van der Waals surface area contributed by atoms with Gasteiger partial charge in [0.15, 0.2) is 0 Å². The Labute approximate surface area is 151 Å². The van der Waals surface area contributed by atoms with Gasteiger partial charge in [0.2, 0.25) is 11.8 Å². The normalized spacial score (nSPS) is 36.8. The molecule has 0 saturated heterocycles. The molecule has 1 aromatic heterocycles. The lowest BCUT2D eigenvalue weighted by Gasteiger charge is -2.68. The molecular formula is C16H17F3N4O4. The zero-order chi connectivity index (χ0) is 18.9. The zero-order valence-electron chi connectivity index (χ0n) is 14.2. The molecule has 0 radical (unpaired) electrons. The van der Waals surface area contributed by atoms with E-state index in [4.69, 9.17) is 9.25 Å². The monoisotopic (exact) mass is 386 g/mol. The van der Waals surface area contributed by atoms with Gasteiger partial charge < -0.3 is 14.6 Å². The summed E-state index contributed by atoms with van der Waals surface area (Å²) in [7, 11) is 0. The summed E-state index contributed by atoms with van der Waals surface area (Å²) in [5.41, 5.74) is -0.0636. The van der Waals surface area contributed by atoms with Gasteiger partial charge in [-0.05, 0) is 32.1 Å². The quantitative estimate of drug-likeness (QED) is 0.830. The van der Waals surface area contributed by atoms with Crippen LogP contribution in [0.2, 0.25) is 0 Å². The summed E-state index contributed by atoms with van der Waals surface area (Å²) in [6, 6.07) is 0. The molecule has 6 rings (SSSR count). The predicted octanol–water partition coefficient (Wildman–Crippen LogP) is 1.92. The maximum atomic E-state index is 12.2. The summed E-state index contributed by atoms with van der Waals surface area (Å²) in [5.74, 6) is 0.486. The number of hydrogen-bond acceptors (Lipinski definition) is 7. The van der Waals surface area contributed by atoms with Crippen LogP contribution in [0.4, 0.5) is 13.2 Å². The van der Waals surface area contributed by atoms with E-state index in [2.05, 4.69) is 25.4 Å². The highest BCUT2D eigenvalue weighted by atomic mass is 19.4. The SMILES string of the molecule is O=C(NC12CC(c3nnc(C4CC(OC(F)(F)F)C4)o3)(C1)C2)C1=NOCC1. The lowest BCUT2D eigenvalue weighted by molar-refractivity contribution is -0.352. The van der Waals surface area contributed by atoms with Crippen molar-refractivity contribution in [2.24, 2.45) is 5.16 Å². The number of ether oxygens (including phenoxy) is 1. The minimum atomic E-state index is -4.61. The molecule has 1 amide bonds. The molecule has 2 heterocycles. The van der Waals surface area contributed by atoms with Crippen molar-refractivity contribution in [1.29, 1.82) is 0 Å². The fourth-order valence-electron chi connectivity index (χ4n) is 4.59. The van der Waals surface area contributed by atoms with E-state index in [-0.39, 0.29) is 35.6 Å². The molecule has 146 valence electrons. The number of nitrogens with zero attached hydrogens (tertiary/aromatic N) is 3. The standard InChI is InChI=1S/C16H17F3N4O4/c17-16(18,19)27-9-3-8(4-9)12-21-22-13(26-12)14-5-15(6-14,7-14)20-11(24)10-1-2-25-23-10/h8-9H,1-7H2,(H,20,24). The Morgan fingerprint density at radius 3 is 2.59 bits per heavy atom. The van der Waals surface area contributed by atoms with Gasteiger partial charge >= 0.3 is 6.36 Å². The van der Waals surface area contributed by atoms with Crippen molar-refractivity contribution in [3.8, 4) is 0 Å². The van der Waals surface area contributed by atoms with E-state index in [1.165, 1.54) is 0 Å². The van der Waals surface area contributed by atoms with E-state index in [0.29, 0.717) is 49.8 Å². The van der Waals surface area contributed by atoms with Crippen LogP contribution in [0.25, 0.3) is 0 Å². The first-order chi connectivity index (χ1) is 12.8. The molecule has 27 heavy (non-hydrogen) atoms. The van der Waals surface area contributed by atoms with Gasteiger partial charge in [0.25, 0.3) is 5.91 Å². The van der Waals surface area contributed by atoms with Crippen molar-refractivity contribution < 1.29 is 32.0 Å². The number of halogens is 3. The van der Waals surface area contributed by atoms with E-state index in [1.807, 2.05) is 0 Å². The molecule has 8 nitrogen and oxygen atoms in total. The smallest absolute Gasteiger partial charge is 0.424 e. The molecule has 4 aliphatic carbocycles. The van der Waals surface area contributed by atoms with Crippen LogP contribution < -0.4 is 5.32 Å². The third kappa shape index (κ3) is 2.79. The van der Waals surface area contributed by atoms with Crippen LogP contribution in [-0.2, 0) is 19.8 Å². The number of aromatic nitrogens is 2. The number of hydrogen-bond donors (Lipinski definition) is 1. The van der Waals surface area contributed by atoms with E-state index in [0.717, 1.165) is 0 Å². The second kappa shape index (κ2) is 5.43. The maximum Gasteiger partial charge on any atom is 0.522 e. The predicted molar refractivity (Wildman–Crippen MR) is 81.6 cm³/mol. The molecule has 5 aliphatic rings. The van der Waals surface area contributed by atoms with Crippen LogP contribution in [-0.4, -0.2) is 46.4 Å². The third-order valence-electron chi connectivity index (χ3n) is 5.91. The van der Waals surface area contributed by atoms with Crippen molar-refractivity contribution >= 4 is 11.6 Å². The Bertz CT molecular complexity index is 795. The van der Waals surface area contributed by atoms with Gasteiger partial charge in [-0.2, -0.15) is 0 Å². The lowest BCUT2D eigenvalue weighted by atomic mass is 9.39. The number of amides is 1. The Morgan fingerprint density at radius 2 is 1.96 bits per heavy atom. The molecule has 0 unspecified atom stereocenters. The van der Waals surface area contributed by atoms with Crippen LogP contribution in [0.5, 0.6) is 0 Å². The Kier molecular flexibility index (Phi) is 3.41. The number of oxime groups is 1. The minimum absolute atomic E-state index is 0.194. The summed E-state index contributed by atoms with van der Waals surface area (Å²) >= 11 is 0. The van der Waals surface area contributed by atoms with Crippen LogP contribution in [0.15, 0.2) is 9.57 Å². The van der Waals surface area contributed by atoms with Crippen molar-refractivity contribution in [1.82, 2.24) is 15.5 Å². The topological polar surface area (TPSA) is 98.8 Å². The van der Waals surface area contributed by atoms with Crippen LogP contribution in [0, 0.1) is 0 Å². The van der Waals surface area contributed by atoms with E-state index in [1.54, 1.807) is 0 Å². The maximum absolute atomic E-state index is 12.2. The number of alkyl halides is 3. The number of carbonyl (C=O) groups is 1. The van der Waals surface area contributed by atoms with Crippen LogP contribution >= 0.6 is 0 Å². The zero-order valence-corrected chi connectivity index (χ0v) is 14.2. The second-order valence-electron chi connectivity index (χ2n) is 7.97. The second-order valence-corrected chi connectivity index (χ2v) is 7.97. The Hall–Kier alpha value is -2.17. The van der Waals surface area contributed by atoms with Gasteiger partial charge in [-0.15, -0.1) is 23.4 Å². The van der Waals surface area contributed by atoms with Gasteiger partial charge in [0.05, 0.1) is 11.5 Å². The molecule has 11 heteroatoms. The fourth-order valence-corrected chi connectivity index (χ4v) is 4.59. The highest BCUT2D eigenvalue weighted by molar-refractivity contribution is 6.39. The van der Waals surface area contributed by atoms with E-state index >= 15 is 0 Å². The third-order valence-corrected chi connectivity index (χ3v) is 5.91. The molecule has 1 aliphatic heterocycles. The Balaban J connectivity index is 1.15. The number of carbonyl (C=O) groups excluding carboxylic acids is 1. The molecule has 0 atom stereocenters. The van der Waals surface area contributed by atoms with Crippen molar-refractivity contribution in [2.75, 3.05) is 6.61 Å². The summed E-state index contributed by atoms with van der Waals surface area (Å²) in [6.45, 7) is 0.431. The largest absolute Gasteiger partial charge is 0.522 e. The van der Waals surface area contributed by atoms with Gasteiger partial charge in [-0.3, -0.25) is 9.53 Å². The average Bonchev–Trinajstić information content (AvgIpc) is 3.14. The molecule has 1 aromatic rings. The molecule has 1 N–H and O–H groups in total. The van der Waals surface area contributed by atoms with Crippen molar-refractivity contribution in [3.05, 3.63) is 11.8 Å². The van der Waals surface area contributed by atoms with E-state index in [9.17, 15) is 18.0 Å². The lowest BCUT2D eigenvalue weighted by Crippen LogP contribution is -2.77. The average molecular weight is 386 g/mol. The molecule has 2 bridgehead atoms.